The Labute approximate surface area is 118 Å². The number of ether oxygens (including phenoxy) is 2. The average Bonchev–Trinajstić information content (AvgIpc) is 2.34. The third kappa shape index (κ3) is 4.11. The Bertz CT molecular complexity index is 454. The number of methoxy groups -OCH3 is 2. The van der Waals surface area contributed by atoms with E-state index in [-0.39, 0.29) is 18.3 Å². The molecule has 0 saturated carbocycles. The molecule has 0 spiro atoms. The van der Waals surface area contributed by atoms with Crippen LogP contribution < -0.4 is 10.5 Å². The molecule has 0 saturated heterocycles. The molecule has 1 rings (SSSR count). The summed E-state index contributed by atoms with van der Waals surface area (Å²) in [5, 5.41) is 0.499. The van der Waals surface area contributed by atoms with E-state index in [4.69, 9.17) is 26.8 Å². The molecule has 4 nitrogen and oxygen atoms in total. The van der Waals surface area contributed by atoms with Crippen molar-refractivity contribution in [1.29, 1.82) is 0 Å². The van der Waals surface area contributed by atoms with Gasteiger partial charge in [-0.2, -0.15) is 0 Å². The quantitative estimate of drug-likeness (QED) is 0.845. The lowest BCUT2D eigenvalue weighted by Crippen LogP contribution is -2.40. The number of carbonyl (C=O) groups is 1. The number of rotatable bonds is 5. The molecule has 0 aliphatic carbocycles. The van der Waals surface area contributed by atoms with Crippen LogP contribution in [-0.2, 0) is 9.53 Å². The Morgan fingerprint density at radius 3 is 2.47 bits per heavy atom. The highest BCUT2D eigenvalue weighted by molar-refractivity contribution is 6.32. The second-order valence-electron chi connectivity index (χ2n) is 5.05. The number of esters is 1. The minimum absolute atomic E-state index is 0.177. The van der Waals surface area contributed by atoms with Gasteiger partial charge < -0.3 is 15.2 Å². The highest BCUT2D eigenvalue weighted by atomic mass is 35.5. The first kappa shape index (κ1) is 15.8. The predicted molar refractivity (Wildman–Crippen MR) is 75.6 cm³/mol. The van der Waals surface area contributed by atoms with Crippen molar-refractivity contribution in [2.24, 2.45) is 5.73 Å². The molecule has 0 aliphatic heterocycles. The van der Waals surface area contributed by atoms with Gasteiger partial charge in [0.15, 0.2) is 0 Å². The number of hydrogen-bond donors (Lipinski definition) is 1. The molecule has 1 unspecified atom stereocenters. The lowest BCUT2D eigenvalue weighted by Gasteiger charge is -2.30. The van der Waals surface area contributed by atoms with Gasteiger partial charge in [-0.3, -0.25) is 4.79 Å². The van der Waals surface area contributed by atoms with E-state index in [0.29, 0.717) is 10.8 Å². The van der Waals surface area contributed by atoms with Gasteiger partial charge in [-0.15, -0.1) is 0 Å². The smallest absolute Gasteiger partial charge is 0.306 e. The van der Waals surface area contributed by atoms with Gasteiger partial charge in [0.2, 0.25) is 0 Å². The monoisotopic (exact) mass is 285 g/mol. The molecule has 0 aromatic heterocycles. The van der Waals surface area contributed by atoms with E-state index in [1.807, 2.05) is 19.9 Å². The van der Waals surface area contributed by atoms with Crippen molar-refractivity contribution >= 4 is 17.6 Å². The molecule has 0 heterocycles. The molecule has 0 bridgehead atoms. The molecule has 0 aliphatic rings. The van der Waals surface area contributed by atoms with Crippen molar-refractivity contribution in [1.82, 2.24) is 0 Å². The van der Waals surface area contributed by atoms with Gasteiger partial charge in [-0.05, 0) is 31.5 Å². The summed E-state index contributed by atoms with van der Waals surface area (Å²) in [5.74, 6) is 0.121. The maximum Gasteiger partial charge on any atom is 0.306 e. The molecule has 19 heavy (non-hydrogen) atoms. The van der Waals surface area contributed by atoms with Crippen LogP contribution in [0.5, 0.6) is 5.75 Å². The molecule has 1 aromatic carbocycles. The van der Waals surface area contributed by atoms with Gasteiger partial charge in [0.1, 0.15) is 5.75 Å². The topological polar surface area (TPSA) is 61.5 Å². The minimum Gasteiger partial charge on any atom is -0.495 e. The molecular formula is C14H20ClNO3. The second-order valence-corrected chi connectivity index (χ2v) is 5.46. The Kier molecular flexibility index (Phi) is 5.20. The minimum atomic E-state index is -0.563. The molecule has 0 radical (unpaired) electrons. The first-order valence-corrected chi connectivity index (χ1v) is 6.36. The van der Waals surface area contributed by atoms with E-state index in [0.717, 1.165) is 5.56 Å². The van der Waals surface area contributed by atoms with E-state index < -0.39 is 5.54 Å². The highest BCUT2D eigenvalue weighted by Gasteiger charge is 2.29. The Morgan fingerprint density at radius 1 is 1.42 bits per heavy atom. The Morgan fingerprint density at radius 2 is 2.05 bits per heavy atom. The fourth-order valence-corrected chi connectivity index (χ4v) is 2.23. The molecule has 1 atom stereocenters. The van der Waals surface area contributed by atoms with Crippen molar-refractivity contribution in [3.05, 3.63) is 28.8 Å². The summed E-state index contributed by atoms with van der Waals surface area (Å²) in [5.41, 5.74) is 6.48. The van der Waals surface area contributed by atoms with Crippen LogP contribution in [0, 0.1) is 0 Å². The van der Waals surface area contributed by atoms with Crippen molar-refractivity contribution < 1.29 is 14.3 Å². The molecule has 106 valence electrons. The Hall–Kier alpha value is -1.26. The summed E-state index contributed by atoms with van der Waals surface area (Å²) in [6.07, 6.45) is 0.211. The van der Waals surface area contributed by atoms with Gasteiger partial charge in [-0.25, -0.2) is 0 Å². The van der Waals surface area contributed by atoms with Crippen LogP contribution in [0.25, 0.3) is 0 Å². The zero-order chi connectivity index (χ0) is 14.6. The van der Waals surface area contributed by atoms with Crippen LogP contribution in [0.4, 0.5) is 0 Å². The van der Waals surface area contributed by atoms with Crippen molar-refractivity contribution in [2.45, 2.75) is 31.7 Å². The lowest BCUT2D eigenvalue weighted by atomic mass is 9.80. The number of benzene rings is 1. The molecule has 1 aromatic rings. The van der Waals surface area contributed by atoms with Crippen LogP contribution in [0.15, 0.2) is 18.2 Å². The standard InChI is InChI=1S/C14H20ClNO3/c1-14(2,16)10(8-13(17)19-4)9-5-6-12(18-3)11(15)7-9/h5-7,10H,8,16H2,1-4H3. The second kappa shape index (κ2) is 6.26. The van der Waals surface area contributed by atoms with Crippen molar-refractivity contribution in [3.63, 3.8) is 0 Å². The fraction of sp³-hybridized carbons (Fsp3) is 0.500. The number of hydrogen-bond acceptors (Lipinski definition) is 4. The fourth-order valence-electron chi connectivity index (χ4n) is 1.96. The molecule has 0 fully saturated rings. The zero-order valence-corrected chi connectivity index (χ0v) is 12.5. The molecule has 5 heteroatoms. The van der Waals surface area contributed by atoms with Crippen molar-refractivity contribution in [3.8, 4) is 5.75 Å². The van der Waals surface area contributed by atoms with Crippen molar-refractivity contribution in [2.75, 3.05) is 14.2 Å². The molecular weight excluding hydrogens is 266 g/mol. The van der Waals surface area contributed by atoms with Crippen LogP contribution >= 0.6 is 11.6 Å². The summed E-state index contributed by atoms with van der Waals surface area (Å²) < 4.78 is 9.83. The summed E-state index contributed by atoms with van der Waals surface area (Å²) in [6, 6.07) is 5.42. The van der Waals surface area contributed by atoms with Crippen LogP contribution in [0.3, 0.4) is 0 Å². The van der Waals surface area contributed by atoms with Gasteiger partial charge in [0.25, 0.3) is 0 Å². The molecule has 2 N–H and O–H groups in total. The Balaban J connectivity index is 3.11. The van der Waals surface area contributed by atoms with Gasteiger partial charge >= 0.3 is 5.97 Å². The van der Waals surface area contributed by atoms with E-state index in [2.05, 4.69) is 0 Å². The summed E-state index contributed by atoms with van der Waals surface area (Å²) >= 11 is 6.11. The van der Waals surface area contributed by atoms with Gasteiger partial charge in [0, 0.05) is 11.5 Å². The lowest BCUT2D eigenvalue weighted by molar-refractivity contribution is -0.141. The predicted octanol–water partition coefficient (Wildman–Crippen LogP) is 2.73. The normalized spacial score (nSPS) is 12.9. The third-order valence-corrected chi connectivity index (χ3v) is 3.37. The maximum absolute atomic E-state index is 11.5. The van der Waals surface area contributed by atoms with E-state index in [1.54, 1.807) is 19.2 Å². The first-order valence-electron chi connectivity index (χ1n) is 5.98. The van der Waals surface area contributed by atoms with Gasteiger partial charge in [0.05, 0.1) is 25.7 Å². The first-order chi connectivity index (χ1) is 8.79. The van der Waals surface area contributed by atoms with E-state index >= 15 is 0 Å². The van der Waals surface area contributed by atoms with Crippen LogP contribution in [-0.4, -0.2) is 25.7 Å². The third-order valence-electron chi connectivity index (χ3n) is 3.07. The van der Waals surface area contributed by atoms with E-state index in [9.17, 15) is 4.79 Å². The van der Waals surface area contributed by atoms with Gasteiger partial charge in [-0.1, -0.05) is 17.7 Å². The SMILES string of the molecule is COC(=O)CC(c1ccc(OC)c(Cl)c1)C(C)(C)N. The largest absolute Gasteiger partial charge is 0.495 e. The molecule has 0 amide bonds. The van der Waals surface area contributed by atoms with E-state index in [1.165, 1.54) is 7.11 Å². The summed E-state index contributed by atoms with van der Waals surface area (Å²) in [7, 11) is 2.92. The summed E-state index contributed by atoms with van der Waals surface area (Å²) in [6.45, 7) is 3.75. The number of nitrogens with two attached hydrogens (primary N) is 1. The number of carbonyl (C=O) groups excluding carboxylic acids is 1. The van der Waals surface area contributed by atoms with Crippen LogP contribution in [0.1, 0.15) is 31.7 Å². The maximum atomic E-state index is 11.5. The summed E-state index contributed by atoms with van der Waals surface area (Å²) in [4.78, 5) is 11.5. The van der Waals surface area contributed by atoms with Crippen LogP contribution in [0.2, 0.25) is 5.02 Å². The average molecular weight is 286 g/mol. The number of halogens is 1. The zero-order valence-electron chi connectivity index (χ0n) is 11.7. The highest BCUT2D eigenvalue weighted by Crippen LogP contribution is 2.34.